The molecule has 4 heterocycles. The average Bonchev–Trinajstić information content (AvgIpc) is 3.55. The van der Waals surface area contributed by atoms with Gasteiger partial charge in [-0.2, -0.15) is 0 Å². The van der Waals surface area contributed by atoms with Crippen LogP contribution in [0, 0.1) is 6.92 Å². The number of nitrogens with zero attached hydrogens (tertiary/aromatic N) is 3. The highest BCUT2D eigenvalue weighted by atomic mass is 35.5. The Morgan fingerprint density at radius 1 is 1.23 bits per heavy atom. The Hall–Kier alpha value is -3.31. The van der Waals surface area contributed by atoms with Gasteiger partial charge in [0.05, 0.1) is 34.1 Å². The Kier molecular flexibility index (Phi) is 8.80. The van der Waals surface area contributed by atoms with Gasteiger partial charge in [0.1, 0.15) is 12.7 Å². The Bertz CT molecular complexity index is 1430. The predicted molar refractivity (Wildman–Crippen MR) is 158 cm³/mol. The Balaban J connectivity index is 1.20. The molecule has 11 heteroatoms. The Labute approximate surface area is 242 Å². The van der Waals surface area contributed by atoms with Crippen molar-refractivity contribution in [1.29, 1.82) is 0 Å². The first-order valence-electron chi connectivity index (χ1n) is 13.3. The van der Waals surface area contributed by atoms with Crippen LogP contribution >= 0.6 is 22.9 Å². The summed E-state index contributed by atoms with van der Waals surface area (Å²) in [6.45, 7) is 9.52. The van der Waals surface area contributed by atoms with Crippen molar-refractivity contribution in [2.75, 3.05) is 44.2 Å². The summed E-state index contributed by atoms with van der Waals surface area (Å²) in [6, 6.07) is 12.7. The van der Waals surface area contributed by atoms with Gasteiger partial charge in [-0.1, -0.05) is 18.2 Å². The highest BCUT2D eigenvalue weighted by Crippen LogP contribution is 2.27. The first-order valence-corrected chi connectivity index (χ1v) is 14.5. The van der Waals surface area contributed by atoms with E-state index in [1.807, 2.05) is 37.3 Å². The average molecular weight is 585 g/mol. The number of aromatic nitrogens is 1. The molecule has 1 amide bonds. The van der Waals surface area contributed by atoms with E-state index in [2.05, 4.69) is 16.8 Å². The number of rotatable bonds is 10. The maximum absolute atomic E-state index is 13.2. The Morgan fingerprint density at radius 2 is 2.02 bits per heavy atom. The molecule has 212 valence electrons. The maximum atomic E-state index is 13.2. The molecule has 40 heavy (non-hydrogen) atoms. The summed E-state index contributed by atoms with van der Waals surface area (Å²) in [5.74, 6) is 0.285. The third kappa shape index (κ3) is 6.52. The van der Waals surface area contributed by atoms with E-state index in [1.54, 1.807) is 27.8 Å². The largest absolute Gasteiger partial charge is 0.487 e. The number of nitrogens with one attached hydrogen (secondary N) is 1. The van der Waals surface area contributed by atoms with Crippen LogP contribution in [0.25, 0.3) is 11.4 Å². The number of carbonyl (C=O) groups is 1. The molecule has 2 aliphatic rings. The molecule has 9 nitrogen and oxygen atoms in total. The standard InChI is InChI=1S/C29H33ClN4O5S/c1-19-16-21(34-18-23(39-29(34)37)17-31-20(2)26-7-8-27(30)40-26)5-6-24(19)33-11-3-4-25(28(33)36)38-15-14-32-12-9-22(35)10-13-32/h3-8,11,16,22-23,31,35H,2,9-10,12-15,17-18H2,1H3/t23-/m0/s1. The number of likely N-dealkylation sites (tertiary alicyclic amines) is 1. The number of thiophene rings is 1. The summed E-state index contributed by atoms with van der Waals surface area (Å²) >= 11 is 7.44. The van der Waals surface area contributed by atoms with E-state index in [0.29, 0.717) is 42.0 Å². The summed E-state index contributed by atoms with van der Waals surface area (Å²) in [4.78, 5) is 30.6. The molecule has 1 atom stereocenters. The summed E-state index contributed by atoms with van der Waals surface area (Å²) in [7, 11) is 0. The highest BCUT2D eigenvalue weighted by molar-refractivity contribution is 7.17. The van der Waals surface area contributed by atoms with Crippen LogP contribution in [-0.4, -0.2) is 72.2 Å². The zero-order valence-corrected chi connectivity index (χ0v) is 23.9. The minimum atomic E-state index is -0.417. The molecule has 5 rings (SSSR count). The molecule has 2 fully saturated rings. The third-order valence-corrected chi connectivity index (χ3v) is 8.46. The molecule has 0 saturated carbocycles. The number of halogens is 1. The van der Waals surface area contributed by atoms with Crippen molar-refractivity contribution >= 4 is 40.4 Å². The second kappa shape index (κ2) is 12.5. The first kappa shape index (κ1) is 28.2. The second-order valence-corrected chi connectivity index (χ2v) is 11.7. The summed E-state index contributed by atoms with van der Waals surface area (Å²) in [5.41, 5.74) is 2.73. The molecular weight excluding hydrogens is 552 g/mol. The molecule has 3 aromatic rings. The smallest absolute Gasteiger partial charge is 0.414 e. The molecule has 0 spiro atoms. The second-order valence-electron chi connectivity index (χ2n) is 10.0. The topological polar surface area (TPSA) is 96.3 Å². The van der Waals surface area contributed by atoms with Gasteiger partial charge in [0.15, 0.2) is 5.75 Å². The molecule has 0 aliphatic carbocycles. The molecule has 0 bridgehead atoms. The normalized spacial score (nSPS) is 18.1. The zero-order chi connectivity index (χ0) is 28.2. The van der Waals surface area contributed by atoms with Crippen molar-refractivity contribution < 1.29 is 19.4 Å². The van der Waals surface area contributed by atoms with Gasteiger partial charge in [-0.25, -0.2) is 4.79 Å². The number of aliphatic hydroxyl groups is 1. The fraction of sp³-hybridized carbons (Fsp3) is 0.379. The van der Waals surface area contributed by atoms with Gasteiger partial charge < -0.3 is 19.9 Å². The number of anilines is 1. The van der Waals surface area contributed by atoms with Crippen LogP contribution in [0.5, 0.6) is 5.75 Å². The number of hydrogen-bond acceptors (Lipinski definition) is 8. The SMILES string of the molecule is C=C(NC[C@H]1CN(c2ccc(-n3cccc(OCCN4CCC(O)CC4)c3=O)c(C)c2)C(=O)O1)c1ccc(Cl)s1. The number of hydrogen-bond donors (Lipinski definition) is 2. The van der Waals surface area contributed by atoms with Crippen LogP contribution in [-0.2, 0) is 4.74 Å². The van der Waals surface area contributed by atoms with Crippen molar-refractivity contribution in [2.45, 2.75) is 32.0 Å². The minimum Gasteiger partial charge on any atom is -0.487 e. The molecule has 0 unspecified atom stereocenters. The van der Waals surface area contributed by atoms with E-state index in [0.717, 1.165) is 42.1 Å². The van der Waals surface area contributed by atoms with Gasteiger partial charge in [-0.15, -0.1) is 11.3 Å². The van der Waals surface area contributed by atoms with E-state index in [4.69, 9.17) is 21.1 Å². The quantitative estimate of drug-likeness (QED) is 0.367. The highest BCUT2D eigenvalue weighted by Gasteiger charge is 2.32. The zero-order valence-electron chi connectivity index (χ0n) is 22.3. The van der Waals surface area contributed by atoms with Crippen molar-refractivity contribution in [3.63, 3.8) is 0 Å². The van der Waals surface area contributed by atoms with Crippen LogP contribution in [0.4, 0.5) is 10.5 Å². The number of cyclic esters (lactones) is 1. The lowest BCUT2D eigenvalue weighted by atomic mass is 10.1. The molecule has 2 aliphatic heterocycles. The van der Waals surface area contributed by atoms with Gasteiger partial charge >= 0.3 is 6.09 Å². The van der Waals surface area contributed by atoms with Crippen LogP contribution in [0.2, 0.25) is 4.34 Å². The van der Waals surface area contributed by atoms with Crippen LogP contribution in [0.15, 0.2) is 60.0 Å². The third-order valence-electron chi connectivity index (χ3n) is 7.17. The Morgan fingerprint density at radius 3 is 2.75 bits per heavy atom. The fourth-order valence-corrected chi connectivity index (χ4v) is 5.91. The van der Waals surface area contributed by atoms with E-state index in [-0.39, 0.29) is 23.5 Å². The maximum Gasteiger partial charge on any atom is 0.414 e. The lowest BCUT2D eigenvalue weighted by Gasteiger charge is -2.29. The van der Waals surface area contributed by atoms with E-state index >= 15 is 0 Å². The van der Waals surface area contributed by atoms with Crippen molar-refractivity contribution in [3.8, 4) is 11.4 Å². The van der Waals surface area contributed by atoms with Crippen LogP contribution in [0.1, 0.15) is 23.3 Å². The van der Waals surface area contributed by atoms with Gasteiger partial charge in [0.2, 0.25) is 0 Å². The molecule has 1 aromatic carbocycles. The monoisotopic (exact) mass is 584 g/mol. The van der Waals surface area contributed by atoms with Gasteiger partial charge in [-0.05, 0) is 67.8 Å². The fourth-order valence-electron chi connectivity index (χ4n) is 4.92. The lowest BCUT2D eigenvalue weighted by molar-refractivity contribution is 0.0753. The van der Waals surface area contributed by atoms with Crippen molar-refractivity contribution in [2.24, 2.45) is 0 Å². The molecule has 2 aromatic heterocycles. The first-order chi connectivity index (χ1) is 19.3. The van der Waals surface area contributed by atoms with Crippen LogP contribution in [0.3, 0.4) is 0 Å². The number of pyridine rings is 1. The summed E-state index contributed by atoms with van der Waals surface area (Å²) in [6.07, 6.45) is 2.26. The minimum absolute atomic E-state index is 0.217. The van der Waals surface area contributed by atoms with E-state index in [1.165, 1.54) is 11.3 Å². The number of carbonyl (C=O) groups excluding carboxylic acids is 1. The number of aryl methyl sites for hydroxylation is 1. The van der Waals surface area contributed by atoms with Crippen LogP contribution < -0.4 is 20.5 Å². The lowest BCUT2D eigenvalue weighted by Crippen LogP contribution is -2.38. The molecule has 0 radical (unpaired) electrons. The van der Waals surface area contributed by atoms with Gasteiger partial charge in [-0.3, -0.25) is 19.2 Å². The number of amides is 1. The number of ether oxygens (including phenoxy) is 2. The van der Waals surface area contributed by atoms with Crippen molar-refractivity contribution in [3.05, 3.63) is 80.4 Å². The number of piperidine rings is 1. The summed E-state index contributed by atoms with van der Waals surface area (Å²) < 4.78 is 13.7. The summed E-state index contributed by atoms with van der Waals surface area (Å²) in [5, 5.41) is 12.9. The number of benzene rings is 1. The molecule has 2 saturated heterocycles. The van der Waals surface area contributed by atoms with E-state index < -0.39 is 6.09 Å². The van der Waals surface area contributed by atoms with E-state index in [9.17, 15) is 14.7 Å². The number of aliphatic hydroxyl groups excluding tert-OH is 1. The van der Waals surface area contributed by atoms with Gasteiger partial charge in [0, 0.05) is 37.2 Å². The molecular formula is C29H33ClN4O5S. The molecule has 2 N–H and O–H groups in total. The van der Waals surface area contributed by atoms with Gasteiger partial charge in [0.25, 0.3) is 5.56 Å². The van der Waals surface area contributed by atoms with Crippen molar-refractivity contribution in [1.82, 2.24) is 14.8 Å². The predicted octanol–water partition coefficient (Wildman–Crippen LogP) is 4.28.